The van der Waals surface area contributed by atoms with E-state index < -0.39 is 11.9 Å². The van der Waals surface area contributed by atoms with Crippen molar-refractivity contribution in [1.29, 1.82) is 0 Å². The number of rotatable bonds is 7. The zero-order valence-electron chi connectivity index (χ0n) is 16.8. The van der Waals surface area contributed by atoms with Gasteiger partial charge in [0, 0.05) is 6.54 Å². The van der Waals surface area contributed by atoms with E-state index in [1.54, 1.807) is 0 Å². The minimum absolute atomic E-state index is 0.127. The van der Waals surface area contributed by atoms with Crippen molar-refractivity contribution in [2.45, 2.75) is 53.4 Å². The lowest BCUT2D eigenvalue weighted by molar-refractivity contribution is -0.159. The number of nitrogens with zero attached hydrogens (tertiary/aromatic N) is 1. The van der Waals surface area contributed by atoms with Crippen LogP contribution in [0.3, 0.4) is 0 Å². The van der Waals surface area contributed by atoms with Crippen LogP contribution >= 0.6 is 0 Å². The van der Waals surface area contributed by atoms with Gasteiger partial charge in [-0.15, -0.1) is 0 Å². The normalized spacial score (nSPS) is 10.9. The number of hydrogen-bond acceptors (Lipinski definition) is 4. The van der Waals surface area contributed by atoms with Gasteiger partial charge in [0.2, 0.25) is 0 Å². The first-order valence-corrected chi connectivity index (χ1v) is 8.95. The molecule has 0 saturated carbocycles. The molecule has 6 nitrogen and oxygen atoms in total. The Labute approximate surface area is 156 Å². The molecule has 26 heavy (non-hydrogen) atoms. The second-order valence-corrected chi connectivity index (χ2v) is 7.09. The Morgan fingerprint density at radius 1 is 1.08 bits per heavy atom. The van der Waals surface area contributed by atoms with E-state index in [0.29, 0.717) is 0 Å². The molecule has 1 rings (SSSR count). The predicted octanol–water partition coefficient (Wildman–Crippen LogP) is 3.56. The summed E-state index contributed by atoms with van der Waals surface area (Å²) in [6.45, 7) is 17.4. The van der Waals surface area contributed by atoms with E-state index in [1.165, 1.54) is 11.1 Å². The van der Waals surface area contributed by atoms with Crippen molar-refractivity contribution in [2.24, 2.45) is 0 Å². The highest BCUT2D eigenvalue weighted by molar-refractivity contribution is 6.27. The van der Waals surface area contributed by atoms with Crippen molar-refractivity contribution >= 4 is 11.9 Å². The number of benzene rings is 1. The molecule has 1 aromatic carbocycles. The third-order valence-corrected chi connectivity index (χ3v) is 3.90. The van der Waals surface area contributed by atoms with Crippen LogP contribution in [-0.2, 0) is 15.0 Å². The second-order valence-electron chi connectivity index (χ2n) is 7.09. The van der Waals surface area contributed by atoms with Gasteiger partial charge < -0.3 is 19.8 Å². The molecule has 0 aliphatic carbocycles. The molecular formula is C20H33NO5. The first-order chi connectivity index (χ1) is 12.0. The summed E-state index contributed by atoms with van der Waals surface area (Å²) in [7, 11) is 0. The summed E-state index contributed by atoms with van der Waals surface area (Å²) in [5, 5.41) is 14.8. The third-order valence-electron chi connectivity index (χ3n) is 3.90. The molecule has 6 heteroatoms. The number of aryl methyl sites for hydroxylation is 1. The molecule has 0 spiro atoms. The minimum Gasteiger partial charge on any atom is -0.493 e. The van der Waals surface area contributed by atoms with Crippen LogP contribution in [0, 0.1) is 6.92 Å². The molecule has 0 saturated heterocycles. The Morgan fingerprint density at radius 2 is 1.62 bits per heavy atom. The van der Waals surface area contributed by atoms with Crippen LogP contribution in [0.2, 0.25) is 0 Å². The fourth-order valence-corrected chi connectivity index (χ4v) is 2.38. The summed E-state index contributed by atoms with van der Waals surface area (Å²) in [6.07, 6.45) is 1.08. The van der Waals surface area contributed by atoms with Crippen LogP contribution in [0.4, 0.5) is 0 Å². The monoisotopic (exact) mass is 367 g/mol. The van der Waals surface area contributed by atoms with Crippen molar-refractivity contribution < 1.29 is 24.5 Å². The average Bonchev–Trinajstić information content (AvgIpc) is 2.54. The van der Waals surface area contributed by atoms with Crippen LogP contribution in [0.5, 0.6) is 5.75 Å². The van der Waals surface area contributed by atoms with Gasteiger partial charge in [-0.25, -0.2) is 9.59 Å². The molecule has 0 amide bonds. The van der Waals surface area contributed by atoms with Crippen molar-refractivity contribution in [3.8, 4) is 5.75 Å². The lowest BCUT2D eigenvalue weighted by Crippen LogP contribution is -2.25. The Balaban J connectivity index is 0.000000896. The molecule has 0 unspecified atom stereocenters. The molecule has 0 aliphatic rings. The number of carbonyl (C=O) groups is 2. The van der Waals surface area contributed by atoms with Gasteiger partial charge in [0.25, 0.3) is 0 Å². The second kappa shape index (κ2) is 11.5. The first-order valence-electron chi connectivity index (χ1n) is 8.95. The lowest BCUT2D eigenvalue weighted by atomic mass is 9.86. The summed E-state index contributed by atoms with van der Waals surface area (Å²) in [5.74, 6) is -2.60. The number of carboxylic acid groups (broad SMARTS) is 2. The third kappa shape index (κ3) is 9.42. The number of aliphatic carboxylic acids is 2. The fourth-order valence-electron chi connectivity index (χ4n) is 2.38. The largest absolute Gasteiger partial charge is 0.493 e. The molecule has 1 aromatic rings. The molecular weight excluding hydrogens is 334 g/mol. The Kier molecular flexibility index (Phi) is 10.6. The number of ether oxygens (including phenoxy) is 1. The van der Waals surface area contributed by atoms with Gasteiger partial charge in [-0.1, -0.05) is 46.8 Å². The highest BCUT2D eigenvalue weighted by Gasteiger charge is 2.18. The lowest BCUT2D eigenvalue weighted by Gasteiger charge is -2.24. The summed E-state index contributed by atoms with van der Waals surface area (Å²) in [6, 6.07) is 6.54. The number of carboxylic acids is 2. The molecule has 148 valence electrons. The molecule has 0 atom stereocenters. The topological polar surface area (TPSA) is 87.1 Å². The van der Waals surface area contributed by atoms with Gasteiger partial charge in [0.05, 0.1) is 6.61 Å². The standard InChI is InChI=1S/C18H31NO.C2H2O4/c1-7-19(8-2)12-9-13-20-17-14-15(3)10-11-16(17)18(4,5)6;3-1(4)2(5)6/h10-11,14H,7-9,12-13H2,1-6H3;(H,3,4)(H,5,6). The number of hydrogen-bond donors (Lipinski definition) is 2. The van der Waals surface area contributed by atoms with Crippen LogP contribution in [0.1, 0.15) is 52.2 Å². The van der Waals surface area contributed by atoms with Crippen molar-refractivity contribution in [1.82, 2.24) is 4.90 Å². The van der Waals surface area contributed by atoms with Crippen LogP contribution in [0.25, 0.3) is 0 Å². The molecule has 0 bridgehead atoms. The predicted molar refractivity (Wildman–Crippen MR) is 103 cm³/mol. The van der Waals surface area contributed by atoms with Gasteiger partial charge in [0.15, 0.2) is 0 Å². The van der Waals surface area contributed by atoms with Gasteiger partial charge in [-0.2, -0.15) is 0 Å². The fraction of sp³-hybridized carbons (Fsp3) is 0.600. The Morgan fingerprint density at radius 3 is 2.04 bits per heavy atom. The smallest absolute Gasteiger partial charge is 0.414 e. The quantitative estimate of drug-likeness (QED) is 0.566. The summed E-state index contributed by atoms with van der Waals surface area (Å²) < 4.78 is 6.06. The van der Waals surface area contributed by atoms with E-state index in [9.17, 15) is 0 Å². The summed E-state index contributed by atoms with van der Waals surface area (Å²) in [4.78, 5) is 20.6. The first kappa shape index (κ1) is 23.9. The van der Waals surface area contributed by atoms with Crippen LogP contribution < -0.4 is 4.74 Å². The van der Waals surface area contributed by atoms with E-state index >= 15 is 0 Å². The minimum atomic E-state index is -1.82. The van der Waals surface area contributed by atoms with E-state index in [-0.39, 0.29) is 5.41 Å². The van der Waals surface area contributed by atoms with Crippen molar-refractivity contribution in [3.05, 3.63) is 29.3 Å². The van der Waals surface area contributed by atoms with Crippen molar-refractivity contribution in [3.63, 3.8) is 0 Å². The van der Waals surface area contributed by atoms with E-state index in [2.05, 4.69) is 64.6 Å². The summed E-state index contributed by atoms with van der Waals surface area (Å²) in [5.41, 5.74) is 2.68. The molecule has 0 heterocycles. The molecule has 0 aliphatic heterocycles. The van der Waals surface area contributed by atoms with Crippen molar-refractivity contribution in [2.75, 3.05) is 26.2 Å². The van der Waals surface area contributed by atoms with Gasteiger partial charge in [0.1, 0.15) is 5.75 Å². The van der Waals surface area contributed by atoms with E-state index in [4.69, 9.17) is 24.5 Å². The zero-order valence-corrected chi connectivity index (χ0v) is 16.8. The summed E-state index contributed by atoms with van der Waals surface area (Å²) >= 11 is 0. The highest BCUT2D eigenvalue weighted by Crippen LogP contribution is 2.32. The zero-order chi connectivity index (χ0) is 20.3. The Bertz CT molecular complexity index is 562. The molecule has 2 N–H and O–H groups in total. The van der Waals surface area contributed by atoms with Gasteiger partial charge in [-0.05, 0) is 49.0 Å². The van der Waals surface area contributed by atoms with E-state index in [1.807, 2.05) is 0 Å². The Hall–Kier alpha value is -2.08. The van der Waals surface area contributed by atoms with Crippen LogP contribution in [-0.4, -0.2) is 53.3 Å². The maximum atomic E-state index is 9.10. The molecule has 0 aromatic heterocycles. The van der Waals surface area contributed by atoms with Crippen LogP contribution in [0.15, 0.2) is 18.2 Å². The van der Waals surface area contributed by atoms with E-state index in [0.717, 1.165) is 38.4 Å². The molecule has 0 fully saturated rings. The SMILES string of the molecule is CCN(CC)CCCOc1cc(C)ccc1C(C)(C)C.O=C(O)C(=O)O. The molecule has 0 radical (unpaired) electrons. The average molecular weight is 367 g/mol. The maximum absolute atomic E-state index is 9.10. The van der Waals surface area contributed by atoms with Gasteiger partial charge in [-0.3, -0.25) is 0 Å². The highest BCUT2D eigenvalue weighted by atomic mass is 16.5. The van der Waals surface area contributed by atoms with Gasteiger partial charge >= 0.3 is 11.9 Å². The maximum Gasteiger partial charge on any atom is 0.414 e.